The topological polar surface area (TPSA) is 21.3 Å². The van der Waals surface area contributed by atoms with Crippen molar-refractivity contribution in [1.29, 1.82) is 0 Å². The van der Waals surface area contributed by atoms with Gasteiger partial charge in [0.05, 0.1) is 6.61 Å². The second-order valence-electron chi connectivity index (χ2n) is 3.35. The highest BCUT2D eigenvalue weighted by molar-refractivity contribution is 5.66. The molecule has 0 spiro atoms. The van der Waals surface area contributed by atoms with E-state index in [9.17, 15) is 0 Å². The van der Waals surface area contributed by atoms with Gasteiger partial charge in [-0.2, -0.15) is 0 Å². The van der Waals surface area contributed by atoms with Crippen LogP contribution in [0.3, 0.4) is 0 Å². The lowest BCUT2D eigenvalue weighted by molar-refractivity contribution is 0.357. The number of ether oxygens (including phenoxy) is 1. The Morgan fingerprint density at radius 3 is 3.25 bits per heavy atom. The summed E-state index contributed by atoms with van der Waals surface area (Å²) in [6.45, 7) is 1.94. The Balaban J connectivity index is 2.24. The van der Waals surface area contributed by atoms with Gasteiger partial charge in [0.1, 0.15) is 5.75 Å². The maximum absolute atomic E-state index is 5.48. The largest absolute Gasteiger partial charge is 0.493 e. The van der Waals surface area contributed by atoms with Gasteiger partial charge in [-0.3, -0.25) is 0 Å². The van der Waals surface area contributed by atoms with Crippen LogP contribution in [0.4, 0.5) is 5.69 Å². The number of hydrogen-bond acceptors (Lipinski definition) is 2. The maximum atomic E-state index is 5.48. The van der Waals surface area contributed by atoms with Gasteiger partial charge in [0.15, 0.2) is 0 Å². The molecule has 2 nitrogen and oxygen atoms in total. The molecule has 2 aliphatic heterocycles. The average Bonchev–Trinajstić information content (AvgIpc) is 2.71. The maximum Gasteiger partial charge on any atom is 0.124 e. The van der Waals surface area contributed by atoms with E-state index in [1.165, 1.54) is 23.2 Å². The van der Waals surface area contributed by atoms with Crippen molar-refractivity contribution in [3.8, 4) is 5.75 Å². The predicted molar refractivity (Wildman–Crippen MR) is 47.8 cm³/mol. The third-order valence-electron chi connectivity index (χ3n) is 2.66. The van der Waals surface area contributed by atoms with Crippen molar-refractivity contribution in [3.63, 3.8) is 0 Å². The second-order valence-corrected chi connectivity index (χ2v) is 3.35. The highest BCUT2D eigenvalue weighted by Crippen LogP contribution is 2.36. The summed E-state index contributed by atoms with van der Waals surface area (Å²) in [6.07, 6.45) is 2.24. The number of rotatable bonds is 0. The van der Waals surface area contributed by atoms with Gasteiger partial charge in [-0.1, -0.05) is 6.07 Å². The lowest BCUT2D eigenvalue weighted by Crippen LogP contribution is -1.94. The van der Waals surface area contributed by atoms with Crippen molar-refractivity contribution in [1.82, 2.24) is 0 Å². The lowest BCUT2D eigenvalue weighted by Gasteiger charge is -2.04. The number of hydrogen-bond donors (Lipinski definition) is 1. The summed E-state index contributed by atoms with van der Waals surface area (Å²) in [7, 11) is 0. The van der Waals surface area contributed by atoms with Crippen LogP contribution < -0.4 is 10.1 Å². The van der Waals surface area contributed by atoms with E-state index >= 15 is 0 Å². The first-order valence-corrected chi connectivity index (χ1v) is 4.46. The van der Waals surface area contributed by atoms with Gasteiger partial charge in [-0.25, -0.2) is 0 Å². The van der Waals surface area contributed by atoms with E-state index in [4.69, 9.17) is 4.74 Å². The van der Waals surface area contributed by atoms with Crippen molar-refractivity contribution in [3.05, 3.63) is 23.3 Å². The zero-order valence-electron chi connectivity index (χ0n) is 6.89. The van der Waals surface area contributed by atoms with E-state index in [0.29, 0.717) is 0 Å². The molecule has 0 radical (unpaired) electrons. The molecule has 0 aliphatic carbocycles. The Bertz CT molecular complexity index is 300. The zero-order valence-corrected chi connectivity index (χ0v) is 6.89. The molecule has 0 amide bonds. The number of anilines is 1. The molecule has 0 saturated carbocycles. The molecule has 2 aliphatic rings. The Hall–Kier alpha value is -1.18. The average molecular weight is 161 g/mol. The monoisotopic (exact) mass is 161 g/mol. The Labute approximate surface area is 71.5 Å². The molecule has 2 heterocycles. The van der Waals surface area contributed by atoms with Gasteiger partial charge < -0.3 is 10.1 Å². The van der Waals surface area contributed by atoms with E-state index in [-0.39, 0.29) is 0 Å². The van der Waals surface area contributed by atoms with E-state index < -0.39 is 0 Å². The lowest BCUT2D eigenvalue weighted by atomic mass is 10.1. The summed E-state index contributed by atoms with van der Waals surface area (Å²) in [5, 5.41) is 3.42. The SMILES string of the molecule is c1cc2c(c3c1CCN3)CCO2. The molecule has 0 bridgehead atoms. The summed E-state index contributed by atoms with van der Waals surface area (Å²) in [5.41, 5.74) is 4.20. The van der Waals surface area contributed by atoms with Gasteiger partial charge in [0.25, 0.3) is 0 Å². The smallest absolute Gasteiger partial charge is 0.124 e. The number of fused-ring (bicyclic) bond motifs is 3. The van der Waals surface area contributed by atoms with Crippen LogP contribution in [0, 0.1) is 0 Å². The van der Waals surface area contributed by atoms with Crippen LogP contribution >= 0.6 is 0 Å². The molecular formula is C10H11NO. The minimum atomic E-state index is 0.855. The fraction of sp³-hybridized carbons (Fsp3) is 0.400. The van der Waals surface area contributed by atoms with Crippen LogP contribution in [0.1, 0.15) is 11.1 Å². The van der Waals surface area contributed by atoms with Gasteiger partial charge >= 0.3 is 0 Å². The third-order valence-corrected chi connectivity index (χ3v) is 2.66. The molecular weight excluding hydrogens is 150 g/mol. The first kappa shape index (κ1) is 6.35. The fourth-order valence-corrected chi connectivity index (χ4v) is 2.07. The van der Waals surface area contributed by atoms with Crippen LogP contribution in [-0.4, -0.2) is 13.2 Å². The minimum Gasteiger partial charge on any atom is -0.493 e. The molecule has 0 saturated heterocycles. The highest BCUT2D eigenvalue weighted by atomic mass is 16.5. The van der Waals surface area contributed by atoms with Crippen molar-refractivity contribution in [2.24, 2.45) is 0 Å². The molecule has 12 heavy (non-hydrogen) atoms. The third kappa shape index (κ3) is 0.697. The molecule has 1 N–H and O–H groups in total. The summed E-state index contributed by atoms with van der Waals surface area (Å²) in [5.74, 6) is 1.09. The zero-order chi connectivity index (χ0) is 7.97. The summed E-state index contributed by atoms with van der Waals surface area (Å²) >= 11 is 0. The van der Waals surface area contributed by atoms with E-state index in [1.807, 2.05) is 0 Å². The van der Waals surface area contributed by atoms with Gasteiger partial charge in [-0.15, -0.1) is 0 Å². The molecule has 0 unspecified atom stereocenters. The molecule has 1 aromatic rings. The summed E-state index contributed by atoms with van der Waals surface area (Å²) in [6, 6.07) is 4.29. The second kappa shape index (κ2) is 2.16. The predicted octanol–water partition coefficient (Wildman–Crippen LogP) is 1.59. The van der Waals surface area contributed by atoms with Crippen molar-refractivity contribution in [2.45, 2.75) is 12.8 Å². The van der Waals surface area contributed by atoms with E-state index in [2.05, 4.69) is 17.4 Å². The normalized spacial score (nSPS) is 18.0. The van der Waals surface area contributed by atoms with Crippen LogP contribution in [0.15, 0.2) is 12.1 Å². The van der Waals surface area contributed by atoms with Crippen molar-refractivity contribution < 1.29 is 4.74 Å². The fourth-order valence-electron chi connectivity index (χ4n) is 2.07. The van der Waals surface area contributed by atoms with Crippen molar-refractivity contribution >= 4 is 5.69 Å². The van der Waals surface area contributed by atoms with Gasteiger partial charge in [0, 0.05) is 24.2 Å². The summed E-state index contributed by atoms with van der Waals surface area (Å²) < 4.78 is 5.48. The van der Waals surface area contributed by atoms with E-state index in [1.54, 1.807) is 0 Å². The van der Waals surface area contributed by atoms with Crippen LogP contribution in [-0.2, 0) is 12.8 Å². The first-order chi connectivity index (χ1) is 5.95. The Morgan fingerprint density at radius 1 is 1.25 bits per heavy atom. The number of benzene rings is 1. The van der Waals surface area contributed by atoms with Crippen molar-refractivity contribution in [2.75, 3.05) is 18.5 Å². The molecule has 0 fully saturated rings. The van der Waals surface area contributed by atoms with Gasteiger partial charge in [-0.05, 0) is 18.1 Å². The molecule has 3 rings (SSSR count). The standard InChI is InChI=1S/C10H11NO/c1-2-9-8(4-6-12-9)10-7(1)3-5-11-10/h1-2,11H,3-6H2. The Kier molecular flexibility index (Phi) is 1.14. The van der Waals surface area contributed by atoms with Crippen LogP contribution in [0.25, 0.3) is 0 Å². The summed E-state index contributed by atoms with van der Waals surface area (Å²) in [4.78, 5) is 0. The molecule has 0 atom stereocenters. The van der Waals surface area contributed by atoms with Crippen LogP contribution in [0.2, 0.25) is 0 Å². The highest BCUT2D eigenvalue weighted by Gasteiger charge is 2.21. The molecule has 62 valence electrons. The Morgan fingerprint density at radius 2 is 2.25 bits per heavy atom. The number of nitrogens with one attached hydrogen (secondary N) is 1. The first-order valence-electron chi connectivity index (χ1n) is 4.46. The minimum absolute atomic E-state index is 0.855. The van der Waals surface area contributed by atoms with E-state index in [0.717, 1.165) is 25.3 Å². The molecule has 1 aromatic carbocycles. The van der Waals surface area contributed by atoms with Crippen LogP contribution in [0.5, 0.6) is 5.75 Å². The molecule has 0 aromatic heterocycles. The molecule has 2 heteroatoms. The van der Waals surface area contributed by atoms with Gasteiger partial charge in [0.2, 0.25) is 0 Å². The quantitative estimate of drug-likeness (QED) is 0.624.